The van der Waals surface area contributed by atoms with Gasteiger partial charge in [-0.1, -0.05) is 49.7 Å². The minimum absolute atomic E-state index is 0.889. The van der Waals surface area contributed by atoms with Crippen LogP contribution < -0.4 is 8.85 Å². The Kier molecular flexibility index (Phi) is 5.91. The molecular formula is C16H19IO2Si. The van der Waals surface area contributed by atoms with Crippen LogP contribution in [-0.2, 0) is 0 Å². The summed E-state index contributed by atoms with van der Waals surface area (Å²) in [5, 5.41) is 0. The van der Waals surface area contributed by atoms with Crippen LogP contribution in [0.5, 0.6) is 11.5 Å². The van der Waals surface area contributed by atoms with Crippen molar-refractivity contribution in [3.8, 4) is 11.5 Å². The first-order valence-electron chi connectivity index (χ1n) is 6.89. The van der Waals surface area contributed by atoms with Gasteiger partial charge in [-0.25, -0.2) is 0 Å². The first kappa shape index (κ1) is 15.4. The largest absolute Gasteiger partial charge is 0.530 e. The zero-order chi connectivity index (χ0) is 14.3. The highest BCUT2D eigenvalue weighted by Crippen LogP contribution is 2.29. The molecule has 0 amide bonds. The SMILES string of the molecule is CCCC[Si](I)(Oc1ccccc1)Oc1ccccc1. The van der Waals surface area contributed by atoms with Crippen molar-refractivity contribution in [2.75, 3.05) is 0 Å². The van der Waals surface area contributed by atoms with Crippen LogP contribution in [0.2, 0.25) is 6.04 Å². The molecule has 0 saturated carbocycles. The van der Waals surface area contributed by atoms with Gasteiger partial charge in [0.25, 0.3) is 0 Å². The van der Waals surface area contributed by atoms with Crippen molar-refractivity contribution in [2.24, 2.45) is 0 Å². The second kappa shape index (κ2) is 7.69. The molecule has 2 aromatic rings. The lowest BCUT2D eigenvalue weighted by molar-refractivity contribution is 0.413. The second-order valence-corrected chi connectivity index (χ2v) is 11.8. The van der Waals surface area contributed by atoms with E-state index in [1.54, 1.807) is 0 Å². The van der Waals surface area contributed by atoms with Gasteiger partial charge in [0.15, 0.2) is 0 Å². The van der Waals surface area contributed by atoms with Crippen molar-refractivity contribution >= 4 is 27.9 Å². The maximum atomic E-state index is 6.21. The molecule has 2 nitrogen and oxygen atoms in total. The molecule has 0 atom stereocenters. The number of para-hydroxylation sites is 2. The summed E-state index contributed by atoms with van der Waals surface area (Å²) in [6, 6.07) is 18.6. The van der Waals surface area contributed by atoms with Crippen LogP contribution in [0.1, 0.15) is 19.8 Å². The molecule has 0 fully saturated rings. The molecule has 0 aromatic heterocycles. The number of halogens is 1. The molecular weight excluding hydrogens is 379 g/mol. The fraction of sp³-hybridized carbons (Fsp3) is 0.250. The molecule has 0 saturated heterocycles. The zero-order valence-corrected chi connectivity index (χ0v) is 14.7. The van der Waals surface area contributed by atoms with E-state index in [0.717, 1.165) is 30.4 Å². The van der Waals surface area contributed by atoms with Gasteiger partial charge >= 0.3 is 6.06 Å². The molecule has 4 heteroatoms. The fourth-order valence-corrected chi connectivity index (χ4v) is 6.51. The van der Waals surface area contributed by atoms with Crippen molar-refractivity contribution in [1.29, 1.82) is 0 Å². The van der Waals surface area contributed by atoms with Crippen LogP contribution in [0.15, 0.2) is 60.7 Å². The average Bonchev–Trinajstić information content (AvgIpc) is 2.47. The standard InChI is InChI=1S/C16H19IO2Si/c1-2-3-14-20(17,18-15-10-6-4-7-11-15)19-16-12-8-5-9-13-16/h4-13H,2-3,14H2,1H3. The minimum Gasteiger partial charge on any atom is -0.505 e. The van der Waals surface area contributed by atoms with Crippen LogP contribution in [0.4, 0.5) is 0 Å². The third-order valence-corrected chi connectivity index (χ3v) is 7.83. The quantitative estimate of drug-likeness (QED) is 0.357. The third kappa shape index (κ3) is 4.83. The van der Waals surface area contributed by atoms with Gasteiger partial charge in [0.05, 0.1) is 0 Å². The fourth-order valence-electron chi connectivity index (χ4n) is 1.84. The Morgan fingerprint density at radius 1 is 0.850 bits per heavy atom. The van der Waals surface area contributed by atoms with Gasteiger partial charge < -0.3 is 8.85 Å². The predicted octanol–water partition coefficient (Wildman–Crippen LogP) is 5.32. The number of benzene rings is 2. The van der Waals surface area contributed by atoms with Crippen LogP contribution in [0, 0.1) is 0 Å². The van der Waals surface area contributed by atoms with E-state index in [4.69, 9.17) is 8.85 Å². The van der Waals surface area contributed by atoms with E-state index in [9.17, 15) is 0 Å². The first-order valence-corrected chi connectivity index (χ1v) is 12.0. The van der Waals surface area contributed by atoms with E-state index < -0.39 is 6.06 Å². The van der Waals surface area contributed by atoms with Crippen molar-refractivity contribution < 1.29 is 8.85 Å². The van der Waals surface area contributed by atoms with Gasteiger partial charge in [-0.2, -0.15) is 0 Å². The number of unbranched alkanes of at least 4 members (excludes halogenated alkanes) is 1. The summed E-state index contributed by atoms with van der Waals surface area (Å²) in [6.45, 7) is 2.19. The number of hydrogen-bond acceptors (Lipinski definition) is 2. The average molecular weight is 398 g/mol. The van der Waals surface area contributed by atoms with Gasteiger partial charge in [-0.05, 0) is 52.5 Å². The molecule has 0 heterocycles. The Bertz CT molecular complexity index is 463. The van der Waals surface area contributed by atoms with Gasteiger partial charge in [0.2, 0.25) is 0 Å². The van der Waals surface area contributed by atoms with Gasteiger partial charge in [0, 0.05) is 6.04 Å². The van der Waals surface area contributed by atoms with Crippen molar-refractivity contribution in [1.82, 2.24) is 0 Å². The molecule has 2 aromatic carbocycles. The zero-order valence-electron chi connectivity index (χ0n) is 11.6. The van der Waals surface area contributed by atoms with Crippen molar-refractivity contribution in [3.05, 3.63) is 60.7 Å². The molecule has 106 valence electrons. The smallest absolute Gasteiger partial charge is 0.505 e. The molecule has 0 N–H and O–H groups in total. The molecule has 0 aliphatic carbocycles. The lowest BCUT2D eigenvalue weighted by Gasteiger charge is -2.26. The summed E-state index contributed by atoms with van der Waals surface area (Å²) in [7, 11) is 0. The van der Waals surface area contributed by atoms with Gasteiger partial charge in [-0.3, -0.25) is 0 Å². The second-order valence-electron chi connectivity index (χ2n) is 4.59. The molecule has 20 heavy (non-hydrogen) atoms. The van der Waals surface area contributed by atoms with Crippen molar-refractivity contribution in [3.63, 3.8) is 0 Å². The summed E-state index contributed by atoms with van der Waals surface area (Å²) in [5.74, 6) is 1.78. The molecule has 0 spiro atoms. The Balaban J connectivity index is 2.12. The summed E-state index contributed by atoms with van der Waals surface area (Å²) in [6.07, 6.45) is 2.27. The number of rotatable bonds is 7. The highest BCUT2D eigenvalue weighted by atomic mass is 127. The summed E-state index contributed by atoms with van der Waals surface area (Å²) in [5.41, 5.74) is 0. The van der Waals surface area contributed by atoms with E-state index in [0.29, 0.717) is 0 Å². The lowest BCUT2D eigenvalue weighted by atomic mass is 10.3. The Morgan fingerprint density at radius 3 is 1.70 bits per heavy atom. The lowest BCUT2D eigenvalue weighted by Crippen LogP contribution is -2.42. The van der Waals surface area contributed by atoms with E-state index in [1.165, 1.54) is 0 Å². The highest BCUT2D eigenvalue weighted by Gasteiger charge is 2.38. The molecule has 2 rings (SSSR count). The normalized spacial score (nSPS) is 11.1. The number of hydrogen-bond donors (Lipinski definition) is 0. The third-order valence-electron chi connectivity index (χ3n) is 2.86. The molecule has 0 aliphatic rings. The summed E-state index contributed by atoms with van der Waals surface area (Å²) < 4.78 is 12.4. The summed E-state index contributed by atoms with van der Waals surface area (Å²) >= 11 is 2.40. The van der Waals surface area contributed by atoms with Gasteiger partial charge in [-0.15, -0.1) is 0 Å². The van der Waals surface area contributed by atoms with Crippen LogP contribution in [-0.4, -0.2) is 6.06 Å². The molecule has 0 bridgehead atoms. The molecule has 0 aliphatic heterocycles. The molecule has 0 unspecified atom stereocenters. The first-order chi connectivity index (χ1) is 9.72. The Labute approximate surface area is 134 Å². The summed E-state index contributed by atoms with van der Waals surface area (Å²) in [4.78, 5) is 0. The van der Waals surface area contributed by atoms with E-state index in [-0.39, 0.29) is 0 Å². The maximum Gasteiger partial charge on any atom is 0.530 e. The predicted molar refractivity (Wildman–Crippen MR) is 93.6 cm³/mol. The Morgan fingerprint density at radius 2 is 1.30 bits per heavy atom. The van der Waals surface area contributed by atoms with E-state index in [2.05, 4.69) is 28.7 Å². The van der Waals surface area contributed by atoms with Crippen LogP contribution in [0.3, 0.4) is 0 Å². The van der Waals surface area contributed by atoms with E-state index >= 15 is 0 Å². The van der Waals surface area contributed by atoms with Crippen LogP contribution >= 0.6 is 21.8 Å². The minimum atomic E-state index is -2.28. The van der Waals surface area contributed by atoms with Crippen molar-refractivity contribution in [2.45, 2.75) is 25.8 Å². The van der Waals surface area contributed by atoms with E-state index in [1.807, 2.05) is 60.7 Å². The molecule has 0 radical (unpaired) electrons. The van der Waals surface area contributed by atoms with Crippen LogP contribution in [0.25, 0.3) is 0 Å². The monoisotopic (exact) mass is 398 g/mol. The maximum absolute atomic E-state index is 6.21. The highest BCUT2D eigenvalue weighted by molar-refractivity contribution is 14.1. The van der Waals surface area contributed by atoms with Gasteiger partial charge in [0.1, 0.15) is 11.5 Å². The topological polar surface area (TPSA) is 18.5 Å². The Hall–Kier alpha value is -1.01.